The average molecular weight is 220 g/mol. The fourth-order valence-electron chi connectivity index (χ4n) is 1.25. The number of hydrogen-bond acceptors (Lipinski definition) is 2. The van der Waals surface area contributed by atoms with Gasteiger partial charge in [0.15, 0.2) is 0 Å². The van der Waals surface area contributed by atoms with Crippen LogP contribution >= 0.6 is 0 Å². The summed E-state index contributed by atoms with van der Waals surface area (Å²) in [7, 11) is 0. The molecule has 0 fully saturated rings. The standard InChI is InChI=1S/C13H18NO2/c1-4-14(12-8-6-5-7-9-12)13(15)16-10-11(2)3/h5-9,11H,1,4,10H2,2-3H3. The van der Waals surface area contributed by atoms with Crippen molar-refractivity contribution in [3.63, 3.8) is 0 Å². The predicted octanol–water partition coefficient (Wildman–Crippen LogP) is 3.12. The first-order valence-corrected chi connectivity index (χ1v) is 5.43. The Morgan fingerprint density at radius 1 is 1.38 bits per heavy atom. The number of nitrogens with zero attached hydrogens (tertiary/aromatic N) is 1. The Morgan fingerprint density at radius 2 is 2.00 bits per heavy atom. The van der Waals surface area contributed by atoms with Gasteiger partial charge in [-0.2, -0.15) is 0 Å². The van der Waals surface area contributed by atoms with Crippen molar-refractivity contribution in [3.8, 4) is 0 Å². The topological polar surface area (TPSA) is 29.5 Å². The van der Waals surface area contributed by atoms with Gasteiger partial charge in [0.25, 0.3) is 0 Å². The first-order valence-electron chi connectivity index (χ1n) is 5.43. The molecule has 1 amide bonds. The SMILES string of the molecule is [CH2]CN(C(=O)OCC(C)C)c1ccccc1. The normalized spacial score (nSPS) is 10.2. The number of para-hydroxylation sites is 1. The van der Waals surface area contributed by atoms with E-state index in [1.165, 1.54) is 4.90 Å². The van der Waals surface area contributed by atoms with E-state index in [1.54, 1.807) is 0 Å². The molecular formula is C13H18NO2. The van der Waals surface area contributed by atoms with E-state index in [4.69, 9.17) is 4.74 Å². The highest BCUT2D eigenvalue weighted by molar-refractivity contribution is 5.87. The van der Waals surface area contributed by atoms with Crippen LogP contribution < -0.4 is 4.90 Å². The minimum atomic E-state index is -0.338. The van der Waals surface area contributed by atoms with E-state index in [0.29, 0.717) is 19.1 Å². The van der Waals surface area contributed by atoms with Gasteiger partial charge in [0.2, 0.25) is 0 Å². The number of rotatable bonds is 4. The molecule has 0 N–H and O–H groups in total. The summed E-state index contributed by atoms with van der Waals surface area (Å²) in [5.74, 6) is 0.339. The molecule has 0 aliphatic rings. The van der Waals surface area contributed by atoms with Crippen LogP contribution in [-0.4, -0.2) is 19.2 Å². The van der Waals surface area contributed by atoms with Crippen molar-refractivity contribution >= 4 is 11.8 Å². The summed E-state index contributed by atoms with van der Waals surface area (Å²) in [6.45, 7) is 8.54. The first-order chi connectivity index (χ1) is 7.65. The van der Waals surface area contributed by atoms with Crippen LogP contribution in [-0.2, 0) is 4.74 Å². The van der Waals surface area contributed by atoms with Crippen molar-refractivity contribution in [2.45, 2.75) is 13.8 Å². The number of carbonyl (C=O) groups excluding carboxylic acids is 1. The van der Waals surface area contributed by atoms with E-state index in [2.05, 4.69) is 6.92 Å². The molecule has 3 heteroatoms. The van der Waals surface area contributed by atoms with Crippen LogP contribution in [0.3, 0.4) is 0 Å². The highest BCUT2D eigenvalue weighted by Crippen LogP contribution is 2.14. The maximum atomic E-state index is 11.7. The molecule has 1 radical (unpaired) electrons. The molecule has 1 aromatic rings. The Balaban J connectivity index is 2.64. The second-order valence-corrected chi connectivity index (χ2v) is 3.96. The van der Waals surface area contributed by atoms with Crippen LogP contribution in [0.1, 0.15) is 13.8 Å². The van der Waals surface area contributed by atoms with Gasteiger partial charge in [-0.05, 0) is 25.0 Å². The van der Waals surface area contributed by atoms with Gasteiger partial charge < -0.3 is 4.74 Å². The molecule has 0 saturated heterocycles. The Kier molecular flexibility index (Phi) is 4.83. The lowest BCUT2D eigenvalue weighted by molar-refractivity contribution is 0.140. The van der Waals surface area contributed by atoms with Crippen molar-refractivity contribution in [2.75, 3.05) is 18.1 Å². The van der Waals surface area contributed by atoms with Crippen LogP contribution in [0.5, 0.6) is 0 Å². The summed E-state index contributed by atoms with van der Waals surface area (Å²) in [6.07, 6.45) is -0.338. The molecular weight excluding hydrogens is 202 g/mol. The predicted molar refractivity (Wildman–Crippen MR) is 65.3 cm³/mol. The Bertz CT molecular complexity index is 322. The second-order valence-electron chi connectivity index (χ2n) is 3.96. The number of amides is 1. The number of ether oxygens (including phenoxy) is 1. The zero-order valence-electron chi connectivity index (χ0n) is 9.85. The average Bonchev–Trinajstić information content (AvgIpc) is 2.29. The van der Waals surface area contributed by atoms with Crippen molar-refractivity contribution in [3.05, 3.63) is 37.3 Å². The number of benzene rings is 1. The van der Waals surface area contributed by atoms with Crippen LogP contribution in [0.4, 0.5) is 10.5 Å². The third kappa shape index (κ3) is 3.57. The fraction of sp³-hybridized carbons (Fsp3) is 0.385. The molecule has 16 heavy (non-hydrogen) atoms. The van der Waals surface area contributed by atoms with Gasteiger partial charge in [0.05, 0.1) is 6.61 Å². The van der Waals surface area contributed by atoms with E-state index < -0.39 is 0 Å². The molecule has 0 heterocycles. The van der Waals surface area contributed by atoms with Gasteiger partial charge in [-0.15, -0.1) is 0 Å². The largest absolute Gasteiger partial charge is 0.449 e. The van der Waals surface area contributed by atoms with Crippen molar-refractivity contribution in [2.24, 2.45) is 5.92 Å². The zero-order chi connectivity index (χ0) is 12.0. The summed E-state index contributed by atoms with van der Waals surface area (Å²) >= 11 is 0. The Labute approximate surface area is 97.0 Å². The number of carbonyl (C=O) groups is 1. The second kappa shape index (κ2) is 6.16. The highest BCUT2D eigenvalue weighted by Gasteiger charge is 2.14. The van der Waals surface area contributed by atoms with E-state index in [9.17, 15) is 4.79 Å². The quantitative estimate of drug-likeness (QED) is 0.780. The molecule has 0 spiro atoms. The lowest BCUT2D eigenvalue weighted by atomic mass is 10.2. The fourth-order valence-corrected chi connectivity index (χ4v) is 1.25. The third-order valence-corrected chi connectivity index (χ3v) is 2.05. The summed E-state index contributed by atoms with van der Waals surface area (Å²) in [4.78, 5) is 13.3. The van der Waals surface area contributed by atoms with Crippen LogP contribution in [0.2, 0.25) is 0 Å². The molecule has 0 aliphatic heterocycles. The van der Waals surface area contributed by atoms with E-state index in [-0.39, 0.29) is 6.09 Å². The van der Waals surface area contributed by atoms with Crippen LogP contribution in [0.15, 0.2) is 30.3 Å². The van der Waals surface area contributed by atoms with Crippen molar-refractivity contribution < 1.29 is 9.53 Å². The molecule has 0 saturated carbocycles. The van der Waals surface area contributed by atoms with Gasteiger partial charge in [0, 0.05) is 12.2 Å². The molecule has 1 rings (SSSR count). The molecule has 87 valence electrons. The molecule has 0 aliphatic carbocycles. The lowest BCUT2D eigenvalue weighted by Crippen LogP contribution is -2.32. The minimum Gasteiger partial charge on any atom is -0.449 e. The minimum absolute atomic E-state index is 0.338. The number of anilines is 1. The molecule has 0 unspecified atom stereocenters. The van der Waals surface area contributed by atoms with E-state index >= 15 is 0 Å². The van der Waals surface area contributed by atoms with Crippen LogP contribution in [0.25, 0.3) is 0 Å². The Hall–Kier alpha value is -1.51. The third-order valence-electron chi connectivity index (χ3n) is 2.05. The maximum absolute atomic E-state index is 11.7. The van der Waals surface area contributed by atoms with Gasteiger partial charge >= 0.3 is 6.09 Å². The summed E-state index contributed by atoms with van der Waals surface area (Å²) in [5.41, 5.74) is 0.811. The summed E-state index contributed by atoms with van der Waals surface area (Å²) in [5, 5.41) is 0. The summed E-state index contributed by atoms with van der Waals surface area (Å²) in [6, 6.07) is 9.40. The van der Waals surface area contributed by atoms with E-state index in [0.717, 1.165) is 5.69 Å². The van der Waals surface area contributed by atoms with Gasteiger partial charge in [-0.3, -0.25) is 4.90 Å². The molecule has 1 aromatic carbocycles. The van der Waals surface area contributed by atoms with Gasteiger partial charge in [0.1, 0.15) is 0 Å². The smallest absolute Gasteiger partial charge is 0.414 e. The lowest BCUT2D eigenvalue weighted by Gasteiger charge is -2.20. The van der Waals surface area contributed by atoms with Gasteiger partial charge in [-0.25, -0.2) is 4.79 Å². The van der Waals surface area contributed by atoms with E-state index in [1.807, 2.05) is 44.2 Å². The van der Waals surface area contributed by atoms with Crippen molar-refractivity contribution in [1.29, 1.82) is 0 Å². The Morgan fingerprint density at radius 3 is 2.50 bits per heavy atom. The first kappa shape index (κ1) is 12.6. The molecule has 0 atom stereocenters. The number of hydrogen-bond donors (Lipinski definition) is 0. The highest BCUT2D eigenvalue weighted by atomic mass is 16.6. The molecule has 0 bridgehead atoms. The monoisotopic (exact) mass is 220 g/mol. The van der Waals surface area contributed by atoms with Crippen molar-refractivity contribution in [1.82, 2.24) is 0 Å². The summed E-state index contributed by atoms with van der Waals surface area (Å²) < 4.78 is 5.16. The maximum Gasteiger partial charge on any atom is 0.414 e. The zero-order valence-corrected chi connectivity index (χ0v) is 9.85. The van der Waals surface area contributed by atoms with Crippen LogP contribution in [0, 0.1) is 12.8 Å². The molecule has 0 aromatic heterocycles. The molecule has 3 nitrogen and oxygen atoms in total. The van der Waals surface area contributed by atoms with Gasteiger partial charge in [-0.1, -0.05) is 32.0 Å².